The van der Waals surface area contributed by atoms with Gasteiger partial charge in [0, 0.05) is 11.1 Å². The van der Waals surface area contributed by atoms with Gasteiger partial charge in [0.25, 0.3) is 5.91 Å². The number of hydrogen-bond donors (Lipinski definition) is 1. The maximum atomic E-state index is 12.7. The number of carbonyl (C=O) groups is 1. The second-order valence-electron chi connectivity index (χ2n) is 7.87. The second-order valence-corrected chi connectivity index (χ2v) is 8.28. The number of anilines is 1. The van der Waals surface area contributed by atoms with Gasteiger partial charge in [0.05, 0.1) is 10.7 Å². The minimum Gasteiger partial charge on any atom is -0.436 e. The van der Waals surface area contributed by atoms with Crippen molar-refractivity contribution >= 4 is 34.3 Å². The van der Waals surface area contributed by atoms with E-state index in [4.69, 9.17) is 16.0 Å². The Labute approximate surface area is 180 Å². The number of aryl methyl sites for hydroxylation is 2. The number of aromatic nitrogens is 1. The average Bonchev–Trinajstić information content (AvgIpc) is 3.14. The SMILES string of the molecule is Cc1cc(C)c2oc(-c3ccc(Cl)c(NC(=O)c4ccc(C(C)C)cc4)c3)nc2c1. The van der Waals surface area contributed by atoms with E-state index in [0.29, 0.717) is 28.1 Å². The number of benzene rings is 3. The maximum absolute atomic E-state index is 12.7. The molecule has 0 atom stereocenters. The summed E-state index contributed by atoms with van der Waals surface area (Å²) in [6, 6.07) is 17.0. The first kappa shape index (κ1) is 20.2. The Bertz CT molecular complexity index is 1240. The minimum absolute atomic E-state index is 0.214. The standard InChI is InChI=1S/C25H23ClN2O2/c1-14(2)17-5-7-18(8-6-17)24(29)27-21-13-19(9-10-20(21)26)25-28-22-12-15(3)11-16(4)23(22)30-25/h5-14H,1-4H3,(H,27,29). The van der Waals surface area contributed by atoms with Crippen LogP contribution in [0, 0.1) is 13.8 Å². The number of hydrogen-bond acceptors (Lipinski definition) is 3. The van der Waals surface area contributed by atoms with E-state index in [-0.39, 0.29) is 5.91 Å². The fourth-order valence-corrected chi connectivity index (χ4v) is 3.63. The van der Waals surface area contributed by atoms with Gasteiger partial charge < -0.3 is 9.73 Å². The molecule has 0 saturated carbocycles. The lowest BCUT2D eigenvalue weighted by Gasteiger charge is -2.10. The van der Waals surface area contributed by atoms with E-state index < -0.39 is 0 Å². The lowest BCUT2D eigenvalue weighted by atomic mass is 10.0. The van der Waals surface area contributed by atoms with E-state index in [0.717, 1.165) is 27.8 Å². The molecule has 1 amide bonds. The molecule has 4 aromatic rings. The topological polar surface area (TPSA) is 55.1 Å². The van der Waals surface area contributed by atoms with Crippen molar-refractivity contribution in [3.05, 3.63) is 81.9 Å². The highest BCUT2D eigenvalue weighted by molar-refractivity contribution is 6.34. The Hall–Kier alpha value is -3.11. The van der Waals surface area contributed by atoms with E-state index in [1.54, 1.807) is 12.1 Å². The molecular formula is C25H23ClN2O2. The first-order valence-corrected chi connectivity index (χ1v) is 10.3. The van der Waals surface area contributed by atoms with Crippen LogP contribution in [-0.2, 0) is 0 Å². The van der Waals surface area contributed by atoms with Crippen LogP contribution in [0.2, 0.25) is 5.02 Å². The summed E-state index contributed by atoms with van der Waals surface area (Å²) in [4.78, 5) is 17.3. The molecule has 5 heteroatoms. The van der Waals surface area contributed by atoms with Crippen LogP contribution in [0.15, 0.2) is 59.0 Å². The van der Waals surface area contributed by atoms with Crippen molar-refractivity contribution in [2.75, 3.05) is 5.32 Å². The van der Waals surface area contributed by atoms with Crippen LogP contribution >= 0.6 is 11.6 Å². The van der Waals surface area contributed by atoms with Crippen molar-refractivity contribution < 1.29 is 9.21 Å². The van der Waals surface area contributed by atoms with Gasteiger partial charge in [0.15, 0.2) is 5.58 Å². The van der Waals surface area contributed by atoms with Crippen molar-refractivity contribution in [1.82, 2.24) is 4.98 Å². The van der Waals surface area contributed by atoms with Crippen LogP contribution in [0.25, 0.3) is 22.6 Å². The van der Waals surface area contributed by atoms with Crippen LogP contribution in [0.4, 0.5) is 5.69 Å². The lowest BCUT2D eigenvalue weighted by molar-refractivity contribution is 0.102. The van der Waals surface area contributed by atoms with Gasteiger partial charge in [-0.05, 0) is 72.9 Å². The highest BCUT2D eigenvalue weighted by atomic mass is 35.5. The van der Waals surface area contributed by atoms with Crippen molar-refractivity contribution in [3.8, 4) is 11.5 Å². The fraction of sp³-hybridized carbons (Fsp3) is 0.200. The first-order valence-electron chi connectivity index (χ1n) is 9.91. The zero-order valence-corrected chi connectivity index (χ0v) is 18.2. The molecule has 0 bridgehead atoms. The van der Waals surface area contributed by atoms with Gasteiger partial charge in [-0.2, -0.15) is 0 Å². The quantitative estimate of drug-likeness (QED) is 0.383. The average molecular weight is 419 g/mol. The monoisotopic (exact) mass is 418 g/mol. The highest BCUT2D eigenvalue weighted by Gasteiger charge is 2.14. The molecular weight excluding hydrogens is 396 g/mol. The van der Waals surface area contributed by atoms with Gasteiger partial charge in [-0.15, -0.1) is 0 Å². The molecule has 1 heterocycles. The summed E-state index contributed by atoms with van der Waals surface area (Å²) in [5, 5.41) is 3.35. The minimum atomic E-state index is -0.214. The molecule has 0 radical (unpaired) electrons. The third-order valence-electron chi connectivity index (χ3n) is 5.12. The van der Waals surface area contributed by atoms with E-state index in [9.17, 15) is 4.79 Å². The molecule has 0 aliphatic rings. The molecule has 3 aromatic carbocycles. The zero-order valence-electron chi connectivity index (χ0n) is 17.4. The van der Waals surface area contributed by atoms with E-state index in [2.05, 4.69) is 30.2 Å². The predicted octanol–water partition coefficient (Wildman–Crippen LogP) is 7.14. The van der Waals surface area contributed by atoms with Gasteiger partial charge in [0.2, 0.25) is 5.89 Å². The van der Waals surface area contributed by atoms with Crippen LogP contribution in [0.1, 0.15) is 46.8 Å². The van der Waals surface area contributed by atoms with Crippen LogP contribution in [0.5, 0.6) is 0 Å². The molecule has 1 aromatic heterocycles. The van der Waals surface area contributed by atoms with Crippen molar-refractivity contribution in [1.29, 1.82) is 0 Å². The fourth-order valence-electron chi connectivity index (χ4n) is 3.47. The molecule has 0 fully saturated rings. The number of nitrogens with one attached hydrogen (secondary N) is 1. The molecule has 0 aliphatic heterocycles. The van der Waals surface area contributed by atoms with Crippen molar-refractivity contribution in [2.24, 2.45) is 0 Å². The summed E-state index contributed by atoms with van der Waals surface area (Å²) < 4.78 is 5.99. The number of carbonyl (C=O) groups excluding carboxylic acids is 1. The normalized spacial score (nSPS) is 11.3. The molecule has 152 valence electrons. The van der Waals surface area contributed by atoms with Crippen LogP contribution < -0.4 is 5.32 Å². The smallest absolute Gasteiger partial charge is 0.255 e. The summed E-state index contributed by atoms with van der Waals surface area (Å²) in [7, 11) is 0. The Morgan fingerprint density at radius 2 is 1.77 bits per heavy atom. The molecule has 0 aliphatic carbocycles. The number of amides is 1. The van der Waals surface area contributed by atoms with E-state index >= 15 is 0 Å². The largest absolute Gasteiger partial charge is 0.436 e. The van der Waals surface area contributed by atoms with E-state index in [1.165, 1.54) is 5.56 Å². The predicted molar refractivity (Wildman–Crippen MR) is 122 cm³/mol. The molecule has 0 saturated heterocycles. The Balaban J connectivity index is 1.63. The van der Waals surface area contributed by atoms with Gasteiger partial charge >= 0.3 is 0 Å². The van der Waals surface area contributed by atoms with Crippen LogP contribution in [-0.4, -0.2) is 10.9 Å². The van der Waals surface area contributed by atoms with Gasteiger partial charge in [-0.1, -0.05) is 43.6 Å². The Kier molecular flexibility index (Phi) is 5.35. The molecule has 4 nitrogen and oxygen atoms in total. The molecule has 1 N–H and O–H groups in total. The number of oxazole rings is 1. The molecule has 4 rings (SSSR count). The maximum Gasteiger partial charge on any atom is 0.255 e. The van der Waals surface area contributed by atoms with Crippen molar-refractivity contribution in [2.45, 2.75) is 33.6 Å². The van der Waals surface area contributed by atoms with Gasteiger partial charge in [-0.3, -0.25) is 4.79 Å². The summed E-state index contributed by atoms with van der Waals surface area (Å²) in [6.07, 6.45) is 0. The third kappa shape index (κ3) is 3.96. The van der Waals surface area contributed by atoms with Crippen molar-refractivity contribution in [3.63, 3.8) is 0 Å². The Morgan fingerprint density at radius 1 is 1.03 bits per heavy atom. The first-order chi connectivity index (χ1) is 14.3. The number of fused-ring (bicyclic) bond motifs is 1. The number of rotatable bonds is 4. The lowest BCUT2D eigenvalue weighted by Crippen LogP contribution is -2.12. The van der Waals surface area contributed by atoms with Gasteiger partial charge in [0.1, 0.15) is 5.52 Å². The summed E-state index contributed by atoms with van der Waals surface area (Å²) >= 11 is 6.34. The molecule has 30 heavy (non-hydrogen) atoms. The summed E-state index contributed by atoms with van der Waals surface area (Å²) in [6.45, 7) is 8.28. The van der Waals surface area contributed by atoms with E-state index in [1.807, 2.05) is 50.2 Å². The number of nitrogens with zero attached hydrogens (tertiary/aromatic N) is 1. The third-order valence-corrected chi connectivity index (χ3v) is 5.45. The van der Waals surface area contributed by atoms with Gasteiger partial charge in [-0.25, -0.2) is 4.98 Å². The Morgan fingerprint density at radius 3 is 2.47 bits per heavy atom. The molecule has 0 unspecified atom stereocenters. The molecule has 0 spiro atoms. The second kappa shape index (κ2) is 7.96. The zero-order chi connectivity index (χ0) is 21.4. The highest BCUT2D eigenvalue weighted by Crippen LogP contribution is 2.32. The summed E-state index contributed by atoms with van der Waals surface area (Å²) in [5.74, 6) is 0.692. The summed E-state index contributed by atoms with van der Waals surface area (Å²) in [5.41, 5.74) is 6.78. The van der Waals surface area contributed by atoms with Crippen LogP contribution in [0.3, 0.4) is 0 Å². The number of halogens is 1.